The Morgan fingerprint density at radius 1 is 1.35 bits per heavy atom. The van der Waals surface area contributed by atoms with E-state index in [1.54, 1.807) is 19.1 Å². The zero-order valence-electron chi connectivity index (χ0n) is 11.3. The fourth-order valence-corrected chi connectivity index (χ4v) is 2.32. The van der Waals surface area contributed by atoms with Crippen LogP contribution in [0.3, 0.4) is 0 Å². The minimum atomic E-state index is -0.234. The second-order valence-electron chi connectivity index (χ2n) is 4.88. The third kappa shape index (κ3) is 3.02. The zero-order chi connectivity index (χ0) is 13.9. The van der Waals surface area contributed by atoms with E-state index >= 15 is 0 Å². The van der Waals surface area contributed by atoms with Crippen molar-refractivity contribution in [3.05, 3.63) is 47.4 Å². The van der Waals surface area contributed by atoms with Crippen molar-refractivity contribution >= 4 is 0 Å². The first-order chi connectivity index (χ1) is 9.70. The molecule has 6 heteroatoms. The Labute approximate surface area is 116 Å². The second kappa shape index (κ2) is 5.68. The topological polar surface area (TPSA) is 51.4 Å². The first-order valence-electron chi connectivity index (χ1n) is 6.59. The molecule has 0 N–H and O–H groups in total. The van der Waals surface area contributed by atoms with E-state index in [4.69, 9.17) is 9.26 Å². The van der Waals surface area contributed by atoms with Crippen LogP contribution in [0.2, 0.25) is 0 Å². The van der Waals surface area contributed by atoms with E-state index in [9.17, 15) is 4.39 Å². The van der Waals surface area contributed by atoms with Crippen LogP contribution in [0.5, 0.6) is 0 Å². The average molecular weight is 277 g/mol. The highest BCUT2D eigenvalue weighted by Gasteiger charge is 2.23. The number of morpholine rings is 1. The first-order valence-corrected chi connectivity index (χ1v) is 6.59. The van der Waals surface area contributed by atoms with E-state index in [-0.39, 0.29) is 11.9 Å². The maximum atomic E-state index is 12.9. The molecule has 0 bridgehead atoms. The summed E-state index contributed by atoms with van der Waals surface area (Å²) in [4.78, 5) is 6.40. The fourth-order valence-electron chi connectivity index (χ4n) is 2.32. The quantitative estimate of drug-likeness (QED) is 0.860. The summed E-state index contributed by atoms with van der Waals surface area (Å²) >= 11 is 0. The Kier molecular flexibility index (Phi) is 3.75. The number of nitrogens with zero attached hydrogens (tertiary/aromatic N) is 3. The highest BCUT2D eigenvalue weighted by Crippen LogP contribution is 2.23. The highest BCUT2D eigenvalue weighted by molar-refractivity contribution is 5.19. The third-order valence-electron chi connectivity index (χ3n) is 3.32. The molecular formula is C14H16FN3O2. The number of hydrogen-bond donors (Lipinski definition) is 0. The van der Waals surface area contributed by atoms with Crippen molar-refractivity contribution in [2.24, 2.45) is 0 Å². The number of benzene rings is 1. The third-order valence-corrected chi connectivity index (χ3v) is 3.32. The van der Waals surface area contributed by atoms with Gasteiger partial charge in [-0.3, -0.25) is 4.90 Å². The van der Waals surface area contributed by atoms with Crippen LogP contribution in [-0.2, 0) is 11.3 Å². The lowest BCUT2D eigenvalue weighted by Gasteiger charge is -2.32. The van der Waals surface area contributed by atoms with Gasteiger partial charge < -0.3 is 9.26 Å². The standard InChI is InChI=1S/C14H16FN3O2/c1-10-16-14(20-17-10)9-18-6-7-19-13(8-18)11-2-4-12(15)5-3-11/h2-5,13H,6-9H2,1H3/t13-/m1/s1. The number of rotatable bonds is 3. The lowest BCUT2D eigenvalue weighted by Crippen LogP contribution is -2.37. The van der Waals surface area contributed by atoms with E-state index in [2.05, 4.69) is 15.0 Å². The summed E-state index contributed by atoms with van der Waals surface area (Å²) in [5.41, 5.74) is 0.984. The van der Waals surface area contributed by atoms with Crippen molar-refractivity contribution in [2.45, 2.75) is 19.6 Å². The van der Waals surface area contributed by atoms with Crippen LogP contribution < -0.4 is 0 Å². The van der Waals surface area contributed by atoms with Crippen molar-refractivity contribution in [1.82, 2.24) is 15.0 Å². The number of ether oxygens (including phenoxy) is 1. The molecule has 20 heavy (non-hydrogen) atoms. The monoisotopic (exact) mass is 277 g/mol. The first kappa shape index (κ1) is 13.2. The van der Waals surface area contributed by atoms with Crippen LogP contribution >= 0.6 is 0 Å². The molecule has 0 unspecified atom stereocenters. The molecule has 2 heterocycles. The van der Waals surface area contributed by atoms with Gasteiger partial charge >= 0.3 is 0 Å². The second-order valence-corrected chi connectivity index (χ2v) is 4.88. The van der Waals surface area contributed by atoms with Crippen molar-refractivity contribution in [2.75, 3.05) is 19.7 Å². The van der Waals surface area contributed by atoms with E-state index in [0.717, 1.165) is 18.7 Å². The molecule has 1 saturated heterocycles. The molecule has 1 aromatic carbocycles. The maximum absolute atomic E-state index is 12.9. The van der Waals surface area contributed by atoms with E-state index in [1.165, 1.54) is 12.1 Å². The van der Waals surface area contributed by atoms with Crippen LogP contribution in [0.1, 0.15) is 23.4 Å². The summed E-state index contributed by atoms with van der Waals surface area (Å²) in [5, 5.41) is 3.78. The Morgan fingerprint density at radius 2 is 2.15 bits per heavy atom. The lowest BCUT2D eigenvalue weighted by atomic mass is 10.1. The predicted molar refractivity (Wildman–Crippen MR) is 69.4 cm³/mol. The van der Waals surface area contributed by atoms with Gasteiger partial charge in [-0.15, -0.1) is 0 Å². The van der Waals surface area contributed by atoms with Crippen molar-refractivity contribution in [3.63, 3.8) is 0 Å². The number of hydrogen-bond acceptors (Lipinski definition) is 5. The number of halogens is 1. The minimum Gasteiger partial charge on any atom is -0.371 e. The molecule has 106 valence electrons. The van der Waals surface area contributed by atoms with Gasteiger partial charge in [0.1, 0.15) is 5.82 Å². The summed E-state index contributed by atoms with van der Waals surface area (Å²) < 4.78 is 23.8. The van der Waals surface area contributed by atoms with Crippen LogP contribution in [-0.4, -0.2) is 34.7 Å². The molecule has 0 spiro atoms. The van der Waals surface area contributed by atoms with Gasteiger partial charge in [0.2, 0.25) is 5.89 Å². The Bertz CT molecular complexity index is 570. The smallest absolute Gasteiger partial charge is 0.240 e. The molecule has 0 radical (unpaired) electrons. The largest absolute Gasteiger partial charge is 0.371 e. The maximum Gasteiger partial charge on any atom is 0.240 e. The summed E-state index contributed by atoms with van der Waals surface area (Å²) in [5.74, 6) is 1.02. The lowest BCUT2D eigenvalue weighted by molar-refractivity contribution is -0.0356. The molecule has 2 aromatic rings. The van der Waals surface area contributed by atoms with Gasteiger partial charge in [0.15, 0.2) is 5.82 Å². The van der Waals surface area contributed by atoms with E-state index < -0.39 is 0 Å². The van der Waals surface area contributed by atoms with Gasteiger partial charge in [0, 0.05) is 13.1 Å². The normalized spacial score (nSPS) is 20.2. The Morgan fingerprint density at radius 3 is 2.85 bits per heavy atom. The number of aromatic nitrogens is 2. The van der Waals surface area contributed by atoms with Gasteiger partial charge in [-0.25, -0.2) is 4.39 Å². The van der Waals surface area contributed by atoms with Crippen molar-refractivity contribution in [1.29, 1.82) is 0 Å². The fraction of sp³-hybridized carbons (Fsp3) is 0.429. The van der Waals surface area contributed by atoms with Gasteiger partial charge in [-0.05, 0) is 24.6 Å². The predicted octanol–water partition coefficient (Wildman–Crippen LogP) is 2.09. The molecule has 0 saturated carbocycles. The molecule has 5 nitrogen and oxygen atoms in total. The Hall–Kier alpha value is -1.79. The summed E-state index contributed by atoms with van der Waals surface area (Å²) in [6.07, 6.45) is -0.0478. The molecular weight excluding hydrogens is 261 g/mol. The number of aryl methyl sites for hydroxylation is 1. The average Bonchev–Trinajstić information content (AvgIpc) is 2.85. The molecule has 1 aromatic heterocycles. The van der Waals surface area contributed by atoms with E-state index in [0.29, 0.717) is 24.9 Å². The van der Waals surface area contributed by atoms with Gasteiger partial charge in [-0.2, -0.15) is 4.98 Å². The highest BCUT2D eigenvalue weighted by atomic mass is 19.1. The molecule has 1 aliphatic rings. The van der Waals surface area contributed by atoms with E-state index in [1.807, 2.05) is 0 Å². The molecule has 1 fully saturated rings. The zero-order valence-corrected chi connectivity index (χ0v) is 11.3. The molecule has 0 aliphatic carbocycles. The van der Waals surface area contributed by atoms with Gasteiger partial charge in [0.25, 0.3) is 0 Å². The van der Waals surface area contributed by atoms with Crippen LogP contribution in [0.25, 0.3) is 0 Å². The summed E-state index contributed by atoms with van der Waals surface area (Å²) in [7, 11) is 0. The van der Waals surface area contributed by atoms with Crippen molar-refractivity contribution in [3.8, 4) is 0 Å². The Balaban J connectivity index is 1.65. The molecule has 3 rings (SSSR count). The van der Waals surface area contributed by atoms with Crippen LogP contribution in [0.4, 0.5) is 4.39 Å². The SMILES string of the molecule is Cc1noc(CN2CCO[C@@H](c3ccc(F)cc3)C2)n1. The minimum absolute atomic E-state index is 0.0478. The van der Waals surface area contributed by atoms with Crippen molar-refractivity contribution < 1.29 is 13.7 Å². The van der Waals surface area contributed by atoms with Crippen LogP contribution in [0.15, 0.2) is 28.8 Å². The van der Waals surface area contributed by atoms with Gasteiger partial charge in [-0.1, -0.05) is 17.3 Å². The molecule has 1 aliphatic heterocycles. The molecule has 0 amide bonds. The van der Waals surface area contributed by atoms with Crippen LogP contribution in [0, 0.1) is 12.7 Å². The van der Waals surface area contributed by atoms with Gasteiger partial charge in [0.05, 0.1) is 19.3 Å². The molecule has 1 atom stereocenters. The summed E-state index contributed by atoms with van der Waals surface area (Å²) in [6.45, 7) is 4.59. The summed E-state index contributed by atoms with van der Waals surface area (Å²) in [6, 6.07) is 6.44.